The van der Waals surface area contributed by atoms with Gasteiger partial charge < -0.3 is 19.5 Å². The number of morpholine rings is 1. The Morgan fingerprint density at radius 1 is 1.28 bits per heavy atom. The van der Waals surface area contributed by atoms with Gasteiger partial charge in [0.2, 0.25) is 0 Å². The molecule has 2 unspecified atom stereocenters. The van der Waals surface area contributed by atoms with E-state index in [1.165, 1.54) is 43.0 Å². The smallest absolute Gasteiger partial charge is 0.332 e. The topological polar surface area (TPSA) is 157 Å². The van der Waals surface area contributed by atoms with Gasteiger partial charge in [-0.05, 0) is 24.6 Å². The number of hydrogen-bond acceptors (Lipinski definition) is 10. The quantitative estimate of drug-likeness (QED) is 0.196. The molecule has 1 aromatic rings. The molecule has 4 rings (SSSR count). The lowest BCUT2D eigenvalue weighted by atomic mass is 9.90. The van der Waals surface area contributed by atoms with E-state index in [1.807, 2.05) is 0 Å². The average molecular weight is 465 g/mol. The average Bonchev–Trinajstić information content (AvgIpc) is 2.74. The Morgan fingerprint density at radius 2 is 1.91 bits per heavy atom. The number of esters is 1. The van der Waals surface area contributed by atoms with Crippen LogP contribution in [-0.4, -0.2) is 85.5 Å². The summed E-state index contributed by atoms with van der Waals surface area (Å²) in [4.78, 5) is 62.3. The number of hydrogen-bond donors (Lipinski definition) is 1. The maximum Gasteiger partial charge on any atom is 0.332 e. The molecule has 1 N–H and O–H groups in total. The molecule has 0 aromatic heterocycles. The highest BCUT2D eigenvalue weighted by Gasteiger charge is 2.64. The van der Waals surface area contributed by atoms with Gasteiger partial charge in [0.1, 0.15) is 36.8 Å². The second kappa shape index (κ2) is 8.15. The first-order valence-corrected chi connectivity index (χ1v) is 10.7. The number of amides is 3. The lowest BCUT2D eigenvalue weighted by molar-refractivity contribution is -0.384. The summed E-state index contributed by atoms with van der Waals surface area (Å²) in [7, 11) is 0. The Bertz CT molecular complexity index is 980. The first-order chi connectivity index (χ1) is 15.1. The zero-order valence-corrected chi connectivity index (χ0v) is 17.6. The molecular formula is C19H19N3O9S. The second-order valence-corrected chi connectivity index (χ2v) is 8.94. The van der Waals surface area contributed by atoms with Crippen molar-refractivity contribution < 1.29 is 38.7 Å². The molecule has 0 aliphatic carbocycles. The van der Waals surface area contributed by atoms with E-state index in [2.05, 4.69) is 0 Å². The van der Waals surface area contributed by atoms with Crippen molar-refractivity contribution in [3.63, 3.8) is 0 Å². The third-order valence-corrected chi connectivity index (χ3v) is 7.06. The van der Waals surface area contributed by atoms with Crippen LogP contribution < -0.4 is 0 Å². The third-order valence-electron chi connectivity index (χ3n) is 5.48. The Balaban J connectivity index is 1.48. The molecule has 4 atom stereocenters. The minimum absolute atomic E-state index is 0.0714. The first-order valence-electron chi connectivity index (χ1n) is 9.60. The highest BCUT2D eigenvalue weighted by atomic mass is 32.2. The molecular weight excluding hydrogens is 446 g/mol. The lowest BCUT2D eigenvalue weighted by Gasteiger charge is -2.58. The molecule has 0 bridgehead atoms. The number of non-ortho nitro benzene ring substituents is 1. The number of imide groups is 1. The number of carbonyl (C=O) groups excluding carboxylic acids is 4. The van der Waals surface area contributed by atoms with Gasteiger partial charge in [0, 0.05) is 17.9 Å². The normalized spacial score (nSPS) is 29.9. The standard InChI is InChI=1S/C19H19N3O9S/c1-19(27)9-32-17-14(20-12(23)7-30-8-13(20)24)16(25)21(17)15(19)18(26)31-6-10-2-4-11(5-3-10)22(28)29/h2-5,14-15,17,27H,6-9H2,1H3/t14?,15?,17-,19-/m1/s1. The van der Waals surface area contributed by atoms with Crippen molar-refractivity contribution in [3.05, 3.63) is 39.9 Å². The number of rotatable bonds is 5. The number of aliphatic hydroxyl groups is 1. The van der Waals surface area contributed by atoms with Crippen molar-refractivity contribution in [1.82, 2.24) is 9.80 Å². The summed E-state index contributed by atoms with van der Waals surface area (Å²) in [5.74, 6) is -2.68. The molecule has 13 heteroatoms. The maximum absolute atomic E-state index is 12.9. The van der Waals surface area contributed by atoms with Gasteiger partial charge in [-0.1, -0.05) is 0 Å². The van der Waals surface area contributed by atoms with Crippen molar-refractivity contribution in [1.29, 1.82) is 0 Å². The van der Waals surface area contributed by atoms with Gasteiger partial charge in [0.25, 0.3) is 23.4 Å². The summed E-state index contributed by atoms with van der Waals surface area (Å²) in [5.41, 5.74) is -1.23. The number of nitro benzene ring substituents is 1. The molecule has 3 aliphatic rings. The highest BCUT2D eigenvalue weighted by Crippen LogP contribution is 2.44. The van der Waals surface area contributed by atoms with E-state index in [1.54, 1.807) is 0 Å². The van der Waals surface area contributed by atoms with Crippen molar-refractivity contribution in [2.45, 2.75) is 36.6 Å². The summed E-state index contributed by atoms with van der Waals surface area (Å²) >= 11 is 1.17. The molecule has 0 radical (unpaired) electrons. The van der Waals surface area contributed by atoms with E-state index in [4.69, 9.17) is 9.47 Å². The molecule has 170 valence electrons. The molecule has 3 heterocycles. The minimum Gasteiger partial charge on any atom is -0.459 e. The molecule has 3 amide bonds. The van der Waals surface area contributed by atoms with Crippen LogP contribution in [0.2, 0.25) is 0 Å². The van der Waals surface area contributed by atoms with Crippen molar-refractivity contribution in [2.24, 2.45) is 0 Å². The minimum atomic E-state index is -1.60. The van der Waals surface area contributed by atoms with Gasteiger partial charge in [0.05, 0.1) is 4.92 Å². The zero-order valence-electron chi connectivity index (χ0n) is 16.8. The van der Waals surface area contributed by atoms with Gasteiger partial charge in [-0.15, -0.1) is 11.8 Å². The Hall–Kier alpha value is -3.03. The van der Waals surface area contributed by atoms with Crippen LogP contribution in [0.4, 0.5) is 5.69 Å². The number of carbonyl (C=O) groups is 4. The van der Waals surface area contributed by atoms with Gasteiger partial charge >= 0.3 is 5.97 Å². The summed E-state index contributed by atoms with van der Waals surface area (Å²) in [6.07, 6.45) is 0. The van der Waals surface area contributed by atoms with Crippen molar-refractivity contribution in [3.8, 4) is 0 Å². The summed E-state index contributed by atoms with van der Waals surface area (Å²) in [5, 5.41) is 20.8. The Labute approximate surface area is 185 Å². The van der Waals surface area contributed by atoms with Crippen LogP contribution in [0, 0.1) is 10.1 Å². The fourth-order valence-electron chi connectivity index (χ4n) is 3.92. The first kappa shape index (κ1) is 22.2. The van der Waals surface area contributed by atoms with Crippen LogP contribution in [0.1, 0.15) is 12.5 Å². The van der Waals surface area contributed by atoms with Crippen LogP contribution in [0.3, 0.4) is 0 Å². The van der Waals surface area contributed by atoms with Gasteiger partial charge in [0.15, 0.2) is 6.04 Å². The van der Waals surface area contributed by atoms with Crippen LogP contribution >= 0.6 is 11.8 Å². The molecule has 1 aromatic carbocycles. The van der Waals surface area contributed by atoms with E-state index < -0.39 is 51.7 Å². The van der Waals surface area contributed by atoms with E-state index in [9.17, 15) is 34.4 Å². The van der Waals surface area contributed by atoms with Gasteiger partial charge in [-0.3, -0.25) is 29.4 Å². The van der Waals surface area contributed by atoms with E-state index in [0.29, 0.717) is 5.56 Å². The van der Waals surface area contributed by atoms with Crippen LogP contribution in [0.15, 0.2) is 24.3 Å². The fourth-order valence-corrected chi connectivity index (χ4v) is 5.39. The third kappa shape index (κ3) is 3.72. The molecule has 32 heavy (non-hydrogen) atoms. The van der Waals surface area contributed by atoms with E-state index in [-0.39, 0.29) is 31.3 Å². The number of nitro groups is 1. The Morgan fingerprint density at radius 3 is 2.50 bits per heavy atom. The number of nitrogens with zero attached hydrogens (tertiary/aromatic N) is 3. The van der Waals surface area contributed by atoms with Gasteiger partial charge in [-0.2, -0.15) is 0 Å². The van der Waals surface area contributed by atoms with Crippen molar-refractivity contribution in [2.75, 3.05) is 19.0 Å². The number of thioether (sulfide) groups is 1. The van der Waals surface area contributed by atoms with Crippen LogP contribution in [-0.2, 0) is 35.3 Å². The lowest BCUT2D eigenvalue weighted by Crippen LogP contribution is -2.80. The highest BCUT2D eigenvalue weighted by molar-refractivity contribution is 8.00. The summed E-state index contributed by atoms with van der Waals surface area (Å²) in [6.45, 7) is 0.559. The molecule has 3 fully saturated rings. The SMILES string of the molecule is C[C@@]1(O)CS[C@@H]2C(N3C(=O)COCC3=O)C(=O)N2C1C(=O)OCc1ccc([N+](=O)[O-])cc1. The van der Waals surface area contributed by atoms with E-state index >= 15 is 0 Å². The number of ether oxygens (including phenoxy) is 2. The number of benzene rings is 1. The number of fused-ring (bicyclic) bond motifs is 1. The van der Waals surface area contributed by atoms with E-state index in [0.717, 1.165) is 9.80 Å². The predicted octanol–water partition coefficient (Wildman–Crippen LogP) is -0.573. The van der Waals surface area contributed by atoms with Gasteiger partial charge in [-0.25, -0.2) is 4.79 Å². The zero-order chi connectivity index (χ0) is 23.2. The van der Waals surface area contributed by atoms with Crippen LogP contribution in [0.5, 0.6) is 0 Å². The molecule has 0 spiro atoms. The molecule has 3 saturated heterocycles. The predicted molar refractivity (Wildman–Crippen MR) is 107 cm³/mol. The summed E-state index contributed by atoms with van der Waals surface area (Å²) in [6, 6.07) is 3.01. The Kier molecular flexibility index (Phi) is 5.65. The maximum atomic E-state index is 12.9. The number of β-lactam (4-membered cyclic amide) rings is 1. The fraction of sp³-hybridized carbons (Fsp3) is 0.474. The molecule has 3 aliphatic heterocycles. The second-order valence-electron chi connectivity index (χ2n) is 7.83. The van der Waals surface area contributed by atoms with Crippen molar-refractivity contribution >= 4 is 41.1 Å². The molecule has 0 saturated carbocycles. The largest absolute Gasteiger partial charge is 0.459 e. The molecule has 12 nitrogen and oxygen atoms in total. The monoisotopic (exact) mass is 465 g/mol. The summed E-state index contributed by atoms with van der Waals surface area (Å²) < 4.78 is 10.2. The van der Waals surface area contributed by atoms with Crippen LogP contribution in [0.25, 0.3) is 0 Å².